The molecule has 0 spiro atoms. The van der Waals surface area contributed by atoms with E-state index >= 15 is 0 Å². The molecule has 16 heavy (non-hydrogen) atoms. The molecule has 1 rings (SSSR count). The van der Waals surface area contributed by atoms with Gasteiger partial charge in [0.15, 0.2) is 0 Å². The van der Waals surface area contributed by atoms with Gasteiger partial charge in [0.2, 0.25) is 5.91 Å². The molecule has 0 aliphatic carbocycles. The van der Waals surface area contributed by atoms with E-state index in [1.807, 2.05) is 6.07 Å². The van der Waals surface area contributed by atoms with E-state index in [1.54, 1.807) is 13.8 Å². The Balaban J connectivity index is 2.71. The van der Waals surface area contributed by atoms with E-state index in [1.165, 1.54) is 24.3 Å². The zero-order chi connectivity index (χ0) is 12.1. The maximum atomic E-state index is 12.6. The number of amides is 1. The number of rotatable bonds is 3. The molecule has 3 nitrogen and oxygen atoms in total. The van der Waals surface area contributed by atoms with E-state index in [2.05, 4.69) is 5.32 Å². The van der Waals surface area contributed by atoms with Crippen LogP contribution in [0.25, 0.3) is 0 Å². The molecule has 0 radical (unpaired) electrons. The highest BCUT2D eigenvalue weighted by Gasteiger charge is 2.21. The van der Waals surface area contributed by atoms with Gasteiger partial charge in [0.25, 0.3) is 0 Å². The molecule has 0 saturated heterocycles. The molecule has 0 aliphatic heterocycles. The van der Waals surface area contributed by atoms with Crippen molar-refractivity contribution in [2.45, 2.75) is 13.8 Å². The fourth-order valence-corrected chi connectivity index (χ4v) is 1.26. The molecule has 0 saturated carbocycles. The number of benzene rings is 1. The molecule has 0 heterocycles. The fraction of sp³-hybridized carbons (Fsp3) is 0.333. The van der Waals surface area contributed by atoms with Gasteiger partial charge in [-0.25, -0.2) is 4.39 Å². The summed E-state index contributed by atoms with van der Waals surface area (Å²) in [5, 5.41) is 11.4. The minimum absolute atomic E-state index is 0.0505. The minimum atomic E-state index is -0.690. The van der Waals surface area contributed by atoms with Crippen LogP contribution in [0.2, 0.25) is 0 Å². The summed E-state index contributed by atoms with van der Waals surface area (Å²) in [6.45, 7) is 3.61. The van der Waals surface area contributed by atoms with Gasteiger partial charge in [-0.2, -0.15) is 5.26 Å². The number of nitrogens with one attached hydrogen (secondary N) is 1. The highest BCUT2D eigenvalue weighted by atomic mass is 19.1. The number of nitriles is 1. The van der Waals surface area contributed by atoms with Crippen LogP contribution in [0.1, 0.15) is 13.8 Å². The molecule has 0 fully saturated rings. The van der Waals surface area contributed by atoms with Crippen molar-refractivity contribution in [3.63, 3.8) is 0 Å². The van der Waals surface area contributed by atoms with Gasteiger partial charge in [0, 0.05) is 5.69 Å². The third-order valence-corrected chi connectivity index (χ3v) is 2.20. The van der Waals surface area contributed by atoms with Gasteiger partial charge in [-0.1, -0.05) is 13.8 Å². The molecular weight excluding hydrogens is 207 g/mol. The Morgan fingerprint density at radius 3 is 2.38 bits per heavy atom. The van der Waals surface area contributed by atoms with Crippen molar-refractivity contribution < 1.29 is 9.18 Å². The summed E-state index contributed by atoms with van der Waals surface area (Å²) >= 11 is 0. The topological polar surface area (TPSA) is 52.9 Å². The molecule has 1 atom stereocenters. The lowest BCUT2D eigenvalue weighted by molar-refractivity contribution is -0.119. The van der Waals surface area contributed by atoms with Gasteiger partial charge in [-0.3, -0.25) is 4.79 Å². The third-order valence-electron chi connectivity index (χ3n) is 2.20. The summed E-state index contributed by atoms with van der Waals surface area (Å²) in [5.74, 6) is -1.46. The molecule has 1 aromatic carbocycles. The average Bonchev–Trinajstić information content (AvgIpc) is 2.22. The maximum Gasteiger partial charge on any atom is 0.241 e. The summed E-state index contributed by atoms with van der Waals surface area (Å²) in [7, 11) is 0. The molecule has 1 amide bonds. The van der Waals surface area contributed by atoms with Crippen LogP contribution in [0.15, 0.2) is 24.3 Å². The second kappa shape index (κ2) is 5.26. The normalized spacial score (nSPS) is 11.9. The molecule has 0 bridgehead atoms. The molecule has 84 valence electrons. The van der Waals surface area contributed by atoms with Crippen molar-refractivity contribution in [1.29, 1.82) is 5.26 Å². The summed E-state index contributed by atoms with van der Waals surface area (Å²) in [6.07, 6.45) is 0. The number of hydrogen-bond donors (Lipinski definition) is 1. The van der Waals surface area contributed by atoms with E-state index in [0.29, 0.717) is 5.69 Å². The molecular formula is C12H13FN2O. The zero-order valence-corrected chi connectivity index (χ0v) is 9.20. The molecule has 0 aliphatic rings. The minimum Gasteiger partial charge on any atom is -0.325 e. The summed E-state index contributed by atoms with van der Waals surface area (Å²) < 4.78 is 12.6. The monoisotopic (exact) mass is 220 g/mol. The van der Waals surface area contributed by atoms with Crippen LogP contribution in [-0.2, 0) is 4.79 Å². The molecule has 0 aromatic heterocycles. The second-order valence-corrected chi connectivity index (χ2v) is 3.85. The van der Waals surface area contributed by atoms with Crippen molar-refractivity contribution >= 4 is 11.6 Å². The standard InChI is InChI=1S/C12H13FN2O/c1-8(2)11(7-14)12(16)15-10-5-3-9(13)4-6-10/h3-6,8,11H,1-2H3,(H,15,16). The Kier molecular flexibility index (Phi) is 4.01. The number of halogens is 1. The van der Waals surface area contributed by atoms with E-state index < -0.39 is 5.92 Å². The number of nitrogens with zero attached hydrogens (tertiary/aromatic N) is 1. The van der Waals surface area contributed by atoms with Gasteiger partial charge in [-0.05, 0) is 30.2 Å². The lowest BCUT2D eigenvalue weighted by Gasteiger charge is -2.12. The van der Waals surface area contributed by atoms with Crippen LogP contribution < -0.4 is 5.32 Å². The SMILES string of the molecule is CC(C)C(C#N)C(=O)Nc1ccc(F)cc1. The van der Waals surface area contributed by atoms with Crippen LogP contribution in [0.4, 0.5) is 10.1 Å². The largest absolute Gasteiger partial charge is 0.325 e. The zero-order valence-electron chi connectivity index (χ0n) is 9.20. The fourth-order valence-electron chi connectivity index (χ4n) is 1.26. The first-order valence-corrected chi connectivity index (χ1v) is 5.00. The third kappa shape index (κ3) is 3.06. The average molecular weight is 220 g/mol. The van der Waals surface area contributed by atoms with Crippen LogP contribution in [0.5, 0.6) is 0 Å². The Bertz CT molecular complexity index is 406. The van der Waals surface area contributed by atoms with E-state index in [4.69, 9.17) is 5.26 Å². The number of anilines is 1. The molecule has 1 unspecified atom stereocenters. The van der Waals surface area contributed by atoms with Crippen molar-refractivity contribution in [1.82, 2.24) is 0 Å². The first-order valence-electron chi connectivity index (χ1n) is 5.00. The number of hydrogen-bond acceptors (Lipinski definition) is 2. The maximum absolute atomic E-state index is 12.6. The first kappa shape index (κ1) is 12.2. The van der Waals surface area contributed by atoms with Gasteiger partial charge in [-0.15, -0.1) is 0 Å². The van der Waals surface area contributed by atoms with E-state index in [-0.39, 0.29) is 17.6 Å². The van der Waals surface area contributed by atoms with E-state index in [0.717, 1.165) is 0 Å². The summed E-state index contributed by atoms with van der Waals surface area (Å²) in [5.41, 5.74) is 0.493. The van der Waals surface area contributed by atoms with Gasteiger partial charge in [0.1, 0.15) is 11.7 Å². The van der Waals surface area contributed by atoms with Crippen LogP contribution in [0, 0.1) is 29.0 Å². The smallest absolute Gasteiger partial charge is 0.241 e. The Morgan fingerprint density at radius 1 is 1.38 bits per heavy atom. The van der Waals surface area contributed by atoms with Crippen LogP contribution >= 0.6 is 0 Å². The molecule has 4 heteroatoms. The summed E-state index contributed by atoms with van der Waals surface area (Å²) in [6, 6.07) is 7.38. The first-order chi connectivity index (χ1) is 7.54. The highest BCUT2D eigenvalue weighted by Crippen LogP contribution is 2.14. The van der Waals surface area contributed by atoms with E-state index in [9.17, 15) is 9.18 Å². The second-order valence-electron chi connectivity index (χ2n) is 3.85. The number of carbonyl (C=O) groups excluding carboxylic acids is 1. The predicted octanol–water partition coefficient (Wildman–Crippen LogP) is 2.56. The van der Waals surface area contributed by atoms with Crippen molar-refractivity contribution in [2.75, 3.05) is 5.32 Å². The van der Waals surface area contributed by atoms with Gasteiger partial charge in [0.05, 0.1) is 6.07 Å². The Labute approximate surface area is 93.9 Å². The van der Waals surface area contributed by atoms with Gasteiger partial charge < -0.3 is 5.32 Å². The van der Waals surface area contributed by atoms with Crippen LogP contribution in [0.3, 0.4) is 0 Å². The van der Waals surface area contributed by atoms with Gasteiger partial charge >= 0.3 is 0 Å². The Hall–Kier alpha value is -1.89. The van der Waals surface area contributed by atoms with Crippen molar-refractivity contribution in [3.8, 4) is 6.07 Å². The van der Waals surface area contributed by atoms with Crippen LogP contribution in [-0.4, -0.2) is 5.91 Å². The predicted molar refractivity (Wildman–Crippen MR) is 59.0 cm³/mol. The molecule has 1 N–H and O–H groups in total. The highest BCUT2D eigenvalue weighted by molar-refractivity contribution is 5.94. The Morgan fingerprint density at radius 2 is 1.94 bits per heavy atom. The van der Waals surface area contributed by atoms with Crippen molar-refractivity contribution in [3.05, 3.63) is 30.1 Å². The lowest BCUT2D eigenvalue weighted by atomic mass is 9.96. The van der Waals surface area contributed by atoms with Crippen molar-refractivity contribution in [2.24, 2.45) is 11.8 Å². The molecule has 1 aromatic rings. The quantitative estimate of drug-likeness (QED) is 0.851. The summed E-state index contributed by atoms with van der Waals surface area (Å²) in [4.78, 5) is 11.6. The lowest BCUT2D eigenvalue weighted by Crippen LogP contribution is -2.25. The number of carbonyl (C=O) groups is 1.